The van der Waals surface area contributed by atoms with Crippen LogP contribution in [0.5, 0.6) is 0 Å². The van der Waals surface area contributed by atoms with Crippen LogP contribution in [0.2, 0.25) is 5.02 Å². The fourth-order valence-corrected chi connectivity index (χ4v) is 2.46. The Morgan fingerprint density at radius 1 is 1.47 bits per heavy atom. The van der Waals surface area contributed by atoms with Crippen LogP contribution in [0.4, 0.5) is 0 Å². The quantitative estimate of drug-likeness (QED) is 0.872. The summed E-state index contributed by atoms with van der Waals surface area (Å²) in [5.41, 5.74) is 6.82. The number of nitrogens with two attached hydrogens (primary N) is 1. The van der Waals surface area contributed by atoms with Crippen LogP contribution in [0.1, 0.15) is 43.1 Å². The molecule has 0 heterocycles. The zero-order valence-electron chi connectivity index (χ0n) is 12.1. The SMILES string of the molecule is Cc1c(Cl)cccc1C(=O)NC(C)(CN)CC(C)C. The maximum absolute atomic E-state index is 12.3. The Balaban J connectivity index is 2.92. The molecule has 4 heteroatoms. The fourth-order valence-electron chi connectivity index (χ4n) is 2.28. The van der Waals surface area contributed by atoms with E-state index in [2.05, 4.69) is 19.2 Å². The number of carbonyl (C=O) groups excluding carboxylic acids is 1. The summed E-state index contributed by atoms with van der Waals surface area (Å²) >= 11 is 6.04. The molecule has 0 radical (unpaired) electrons. The summed E-state index contributed by atoms with van der Waals surface area (Å²) in [6.07, 6.45) is 0.842. The standard InChI is InChI=1S/C15H23ClN2O/c1-10(2)8-15(4,9-17)18-14(19)12-6-5-7-13(16)11(12)3/h5-7,10H,8-9,17H2,1-4H3,(H,18,19). The minimum atomic E-state index is -0.389. The van der Waals surface area contributed by atoms with Crippen LogP contribution in [0.3, 0.4) is 0 Å². The molecule has 1 rings (SSSR count). The minimum Gasteiger partial charge on any atom is -0.346 e. The molecular weight excluding hydrogens is 260 g/mol. The lowest BCUT2D eigenvalue weighted by molar-refractivity contribution is 0.0897. The van der Waals surface area contributed by atoms with Gasteiger partial charge in [0.2, 0.25) is 0 Å². The van der Waals surface area contributed by atoms with E-state index in [1.807, 2.05) is 13.8 Å². The van der Waals surface area contributed by atoms with E-state index < -0.39 is 0 Å². The first-order chi connectivity index (χ1) is 8.79. The molecule has 1 unspecified atom stereocenters. The molecule has 0 aliphatic heterocycles. The second-order valence-corrected chi connectivity index (χ2v) is 6.14. The summed E-state index contributed by atoms with van der Waals surface area (Å²) in [6.45, 7) is 8.47. The van der Waals surface area contributed by atoms with Gasteiger partial charge in [0.25, 0.3) is 5.91 Å². The maximum atomic E-state index is 12.3. The van der Waals surface area contributed by atoms with E-state index in [9.17, 15) is 4.79 Å². The number of carbonyl (C=O) groups is 1. The van der Waals surface area contributed by atoms with Crippen molar-refractivity contribution in [1.29, 1.82) is 0 Å². The zero-order chi connectivity index (χ0) is 14.6. The number of amides is 1. The molecule has 0 fully saturated rings. The van der Waals surface area contributed by atoms with Crippen LogP contribution < -0.4 is 11.1 Å². The molecule has 0 aliphatic carbocycles. The third-order valence-corrected chi connectivity index (χ3v) is 3.65. The van der Waals surface area contributed by atoms with Crippen LogP contribution in [0.15, 0.2) is 18.2 Å². The van der Waals surface area contributed by atoms with E-state index in [0.29, 0.717) is 23.0 Å². The molecule has 0 saturated heterocycles. The van der Waals surface area contributed by atoms with Crippen LogP contribution in [-0.2, 0) is 0 Å². The van der Waals surface area contributed by atoms with Gasteiger partial charge < -0.3 is 11.1 Å². The Morgan fingerprint density at radius 3 is 2.63 bits per heavy atom. The molecule has 0 bridgehead atoms. The fraction of sp³-hybridized carbons (Fsp3) is 0.533. The summed E-state index contributed by atoms with van der Waals surface area (Å²) in [5.74, 6) is 0.350. The molecule has 0 spiro atoms. The molecule has 1 aromatic rings. The lowest BCUT2D eigenvalue weighted by Crippen LogP contribution is -2.52. The normalized spacial score (nSPS) is 14.3. The van der Waals surface area contributed by atoms with E-state index in [4.69, 9.17) is 17.3 Å². The predicted octanol–water partition coefficient (Wildman–Crippen LogP) is 3.14. The third-order valence-electron chi connectivity index (χ3n) is 3.24. The highest BCUT2D eigenvalue weighted by Gasteiger charge is 2.26. The van der Waals surface area contributed by atoms with E-state index >= 15 is 0 Å². The summed E-state index contributed by atoms with van der Waals surface area (Å²) in [5, 5.41) is 3.64. The highest BCUT2D eigenvalue weighted by molar-refractivity contribution is 6.31. The number of benzene rings is 1. The van der Waals surface area contributed by atoms with E-state index in [-0.39, 0.29) is 11.4 Å². The average molecular weight is 283 g/mol. The molecule has 1 atom stereocenters. The lowest BCUT2D eigenvalue weighted by atomic mass is 9.90. The topological polar surface area (TPSA) is 55.1 Å². The zero-order valence-corrected chi connectivity index (χ0v) is 12.8. The molecule has 19 heavy (non-hydrogen) atoms. The number of rotatable bonds is 5. The monoisotopic (exact) mass is 282 g/mol. The Labute approximate surface area is 120 Å². The molecular formula is C15H23ClN2O. The highest BCUT2D eigenvalue weighted by atomic mass is 35.5. The molecule has 0 saturated carbocycles. The molecule has 1 aromatic carbocycles. The van der Waals surface area contributed by atoms with Crippen LogP contribution >= 0.6 is 11.6 Å². The Hall–Kier alpha value is -1.06. The Bertz CT molecular complexity index is 459. The largest absolute Gasteiger partial charge is 0.346 e. The van der Waals surface area contributed by atoms with Crippen molar-refractivity contribution in [3.8, 4) is 0 Å². The predicted molar refractivity (Wildman–Crippen MR) is 80.6 cm³/mol. The first-order valence-electron chi connectivity index (χ1n) is 6.57. The van der Waals surface area contributed by atoms with Crippen molar-refractivity contribution in [2.75, 3.05) is 6.54 Å². The third kappa shape index (κ3) is 4.22. The molecule has 1 amide bonds. The smallest absolute Gasteiger partial charge is 0.252 e. The molecule has 106 valence electrons. The van der Waals surface area contributed by atoms with Gasteiger partial charge in [0.05, 0.1) is 0 Å². The van der Waals surface area contributed by atoms with Crippen LogP contribution in [0.25, 0.3) is 0 Å². The second kappa shape index (κ2) is 6.40. The van der Waals surface area contributed by atoms with Gasteiger partial charge in [0.1, 0.15) is 0 Å². The van der Waals surface area contributed by atoms with Crippen molar-refractivity contribution in [1.82, 2.24) is 5.32 Å². The molecule has 3 N–H and O–H groups in total. The highest BCUT2D eigenvalue weighted by Crippen LogP contribution is 2.21. The van der Waals surface area contributed by atoms with Gasteiger partial charge in [-0.25, -0.2) is 0 Å². The average Bonchev–Trinajstić information content (AvgIpc) is 2.31. The van der Waals surface area contributed by atoms with Crippen molar-refractivity contribution in [3.05, 3.63) is 34.3 Å². The van der Waals surface area contributed by atoms with Gasteiger partial charge >= 0.3 is 0 Å². The molecule has 0 aromatic heterocycles. The minimum absolute atomic E-state index is 0.117. The number of hydrogen-bond acceptors (Lipinski definition) is 2. The van der Waals surface area contributed by atoms with Crippen molar-refractivity contribution < 1.29 is 4.79 Å². The summed E-state index contributed by atoms with van der Waals surface area (Å²) in [7, 11) is 0. The Kier molecular flexibility index (Phi) is 5.39. The van der Waals surface area contributed by atoms with Gasteiger partial charge in [-0.1, -0.05) is 31.5 Å². The van der Waals surface area contributed by atoms with Gasteiger partial charge in [-0.3, -0.25) is 4.79 Å². The van der Waals surface area contributed by atoms with Crippen molar-refractivity contribution >= 4 is 17.5 Å². The van der Waals surface area contributed by atoms with E-state index in [1.54, 1.807) is 18.2 Å². The first-order valence-corrected chi connectivity index (χ1v) is 6.94. The van der Waals surface area contributed by atoms with Gasteiger partial charge in [0, 0.05) is 22.7 Å². The van der Waals surface area contributed by atoms with Crippen LogP contribution in [0, 0.1) is 12.8 Å². The molecule has 3 nitrogen and oxygen atoms in total. The van der Waals surface area contributed by atoms with Crippen LogP contribution in [-0.4, -0.2) is 18.0 Å². The summed E-state index contributed by atoms with van der Waals surface area (Å²) in [4.78, 5) is 12.3. The van der Waals surface area contributed by atoms with Crippen molar-refractivity contribution in [2.24, 2.45) is 11.7 Å². The van der Waals surface area contributed by atoms with Crippen molar-refractivity contribution in [2.45, 2.75) is 39.7 Å². The molecule has 0 aliphatic rings. The van der Waals surface area contributed by atoms with Gasteiger partial charge in [-0.15, -0.1) is 0 Å². The van der Waals surface area contributed by atoms with Gasteiger partial charge in [-0.05, 0) is 43.9 Å². The van der Waals surface area contributed by atoms with Gasteiger partial charge in [0.15, 0.2) is 0 Å². The van der Waals surface area contributed by atoms with E-state index in [1.165, 1.54) is 0 Å². The second-order valence-electron chi connectivity index (χ2n) is 5.73. The maximum Gasteiger partial charge on any atom is 0.252 e. The van der Waals surface area contributed by atoms with E-state index in [0.717, 1.165) is 12.0 Å². The van der Waals surface area contributed by atoms with Gasteiger partial charge in [-0.2, -0.15) is 0 Å². The first kappa shape index (κ1) is 16.0. The Morgan fingerprint density at radius 2 is 2.11 bits per heavy atom. The summed E-state index contributed by atoms with van der Waals surface area (Å²) in [6, 6.07) is 5.35. The number of halogens is 1. The number of hydrogen-bond donors (Lipinski definition) is 2. The summed E-state index contributed by atoms with van der Waals surface area (Å²) < 4.78 is 0. The number of nitrogens with one attached hydrogen (secondary N) is 1. The lowest BCUT2D eigenvalue weighted by Gasteiger charge is -2.31. The van der Waals surface area contributed by atoms with Crippen molar-refractivity contribution in [3.63, 3.8) is 0 Å².